The van der Waals surface area contributed by atoms with Crippen LogP contribution < -0.4 is 0 Å². The summed E-state index contributed by atoms with van der Waals surface area (Å²) in [5.74, 6) is 0. The summed E-state index contributed by atoms with van der Waals surface area (Å²) in [6.45, 7) is 0. The summed E-state index contributed by atoms with van der Waals surface area (Å²) in [6.07, 6.45) is 3.70. The van der Waals surface area contributed by atoms with Crippen molar-refractivity contribution in [3.05, 3.63) is 90.3 Å². The average Bonchev–Trinajstić information content (AvgIpc) is 3.03. The molecule has 0 aliphatic rings. The fourth-order valence-electron chi connectivity index (χ4n) is 2.61. The van der Waals surface area contributed by atoms with Crippen LogP contribution in [0.2, 0.25) is 0 Å². The van der Waals surface area contributed by atoms with Crippen molar-refractivity contribution >= 4 is 0 Å². The first-order valence-electron chi connectivity index (χ1n) is 7.10. The van der Waals surface area contributed by atoms with E-state index in [0.29, 0.717) is 6.42 Å². The van der Waals surface area contributed by atoms with Crippen molar-refractivity contribution in [3.63, 3.8) is 0 Å². The second-order valence-electron chi connectivity index (χ2n) is 5.10. The molecule has 0 fully saturated rings. The highest BCUT2D eigenvalue weighted by Crippen LogP contribution is 2.23. The number of benzene rings is 2. The highest BCUT2D eigenvalue weighted by atomic mass is 16.3. The fraction of sp³-hybridized carbons (Fsp3) is 0.167. The number of nitrogens with zero attached hydrogens (tertiary/aromatic N) is 2. The van der Waals surface area contributed by atoms with E-state index in [-0.39, 0.29) is 6.04 Å². The van der Waals surface area contributed by atoms with E-state index in [2.05, 4.69) is 5.10 Å². The summed E-state index contributed by atoms with van der Waals surface area (Å²) in [6, 6.07) is 21.8. The molecule has 0 saturated heterocycles. The third kappa shape index (κ3) is 3.20. The van der Waals surface area contributed by atoms with E-state index >= 15 is 0 Å². The molecule has 0 radical (unpaired) electrons. The zero-order valence-electron chi connectivity index (χ0n) is 11.7. The predicted molar refractivity (Wildman–Crippen MR) is 83.0 cm³/mol. The standard InChI is InChI=1S/C18H18N2O/c21-17(14-15-8-3-1-4-9-15)18(20-13-7-12-19-20)16-10-5-2-6-11-16/h1-13,17-18,21H,14H2. The van der Waals surface area contributed by atoms with E-state index in [9.17, 15) is 5.11 Å². The van der Waals surface area contributed by atoms with E-state index in [4.69, 9.17) is 0 Å². The van der Waals surface area contributed by atoms with Crippen LogP contribution in [0.5, 0.6) is 0 Å². The lowest BCUT2D eigenvalue weighted by atomic mass is 9.96. The summed E-state index contributed by atoms with van der Waals surface area (Å²) in [5, 5.41) is 15.0. The maximum atomic E-state index is 10.7. The largest absolute Gasteiger partial charge is 0.390 e. The zero-order valence-corrected chi connectivity index (χ0v) is 11.7. The average molecular weight is 278 g/mol. The van der Waals surface area contributed by atoms with Crippen molar-refractivity contribution in [2.75, 3.05) is 0 Å². The van der Waals surface area contributed by atoms with Crippen LogP contribution in [0.4, 0.5) is 0 Å². The topological polar surface area (TPSA) is 38.0 Å². The van der Waals surface area contributed by atoms with Gasteiger partial charge >= 0.3 is 0 Å². The molecule has 3 rings (SSSR count). The van der Waals surface area contributed by atoms with Crippen LogP contribution >= 0.6 is 0 Å². The lowest BCUT2D eigenvalue weighted by Gasteiger charge is -2.24. The van der Waals surface area contributed by atoms with Crippen molar-refractivity contribution < 1.29 is 5.11 Å². The second kappa shape index (κ2) is 6.37. The van der Waals surface area contributed by atoms with Crippen molar-refractivity contribution in [2.45, 2.75) is 18.6 Å². The van der Waals surface area contributed by atoms with Gasteiger partial charge in [-0.25, -0.2) is 0 Å². The molecule has 1 aromatic heterocycles. The molecule has 1 heterocycles. The summed E-state index contributed by atoms with van der Waals surface area (Å²) < 4.78 is 1.82. The minimum atomic E-state index is -0.533. The normalized spacial score (nSPS) is 13.8. The Morgan fingerprint density at radius 3 is 2.19 bits per heavy atom. The van der Waals surface area contributed by atoms with Gasteiger partial charge in [-0.2, -0.15) is 5.10 Å². The molecule has 106 valence electrons. The maximum Gasteiger partial charge on any atom is 0.103 e. The zero-order chi connectivity index (χ0) is 14.5. The van der Waals surface area contributed by atoms with Crippen LogP contribution in [0.1, 0.15) is 17.2 Å². The van der Waals surface area contributed by atoms with Gasteiger partial charge in [0.1, 0.15) is 6.04 Å². The Labute approximate surface area is 124 Å². The van der Waals surface area contributed by atoms with Crippen molar-refractivity contribution in [1.29, 1.82) is 0 Å². The van der Waals surface area contributed by atoms with Gasteiger partial charge in [0.15, 0.2) is 0 Å². The van der Waals surface area contributed by atoms with Gasteiger partial charge in [0.2, 0.25) is 0 Å². The van der Waals surface area contributed by atoms with Crippen molar-refractivity contribution in [1.82, 2.24) is 9.78 Å². The van der Waals surface area contributed by atoms with Gasteiger partial charge in [0.05, 0.1) is 6.10 Å². The molecule has 0 aliphatic carbocycles. The maximum absolute atomic E-state index is 10.7. The molecule has 1 N–H and O–H groups in total. The van der Waals surface area contributed by atoms with Gasteiger partial charge in [0, 0.05) is 18.8 Å². The molecule has 2 atom stereocenters. The first-order valence-corrected chi connectivity index (χ1v) is 7.10. The Bertz CT molecular complexity index is 650. The molecule has 0 amide bonds. The third-order valence-corrected chi connectivity index (χ3v) is 3.60. The smallest absolute Gasteiger partial charge is 0.103 e. The summed E-state index contributed by atoms with van der Waals surface area (Å²) >= 11 is 0. The van der Waals surface area contributed by atoms with Crippen molar-refractivity contribution in [2.24, 2.45) is 0 Å². The quantitative estimate of drug-likeness (QED) is 0.779. The number of rotatable bonds is 5. The number of hydrogen-bond donors (Lipinski definition) is 1. The van der Waals surface area contributed by atoms with Gasteiger partial charge in [0.25, 0.3) is 0 Å². The van der Waals surface area contributed by atoms with Crippen LogP contribution in [0.3, 0.4) is 0 Å². The lowest BCUT2D eigenvalue weighted by Crippen LogP contribution is -2.27. The SMILES string of the molecule is OC(Cc1ccccc1)C(c1ccccc1)n1cccn1. The van der Waals surface area contributed by atoms with Crippen molar-refractivity contribution in [3.8, 4) is 0 Å². The molecule has 21 heavy (non-hydrogen) atoms. The molecule has 0 bridgehead atoms. The number of hydrogen-bond acceptors (Lipinski definition) is 2. The van der Waals surface area contributed by atoms with Gasteiger partial charge in [-0.3, -0.25) is 4.68 Å². The first-order chi connectivity index (χ1) is 10.3. The Kier molecular flexibility index (Phi) is 4.12. The third-order valence-electron chi connectivity index (χ3n) is 3.60. The van der Waals surface area contributed by atoms with E-state index in [1.54, 1.807) is 6.20 Å². The highest BCUT2D eigenvalue weighted by molar-refractivity contribution is 5.23. The molecule has 3 heteroatoms. The number of aliphatic hydroxyl groups excluding tert-OH is 1. The van der Waals surface area contributed by atoms with Gasteiger partial charge in [-0.15, -0.1) is 0 Å². The number of aromatic nitrogens is 2. The molecular formula is C18H18N2O. The van der Waals surface area contributed by atoms with Crippen LogP contribution in [0.15, 0.2) is 79.1 Å². The molecule has 3 nitrogen and oxygen atoms in total. The molecular weight excluding hydrogens is 260 g/mol. The van der Waals surface area contributed by atoms with Gasteiger partial charge in [-0.05, 0) is 17.2 Å². The molecule has 0 aliphatic heterocycles. The summed E-state index contributed by atoms with van der Waals surface area (Å²) in [7, 11) is 0. The Hall–Kier alpha value is -2.39. The minimum Gasteiger partial charge on any atom is -0.390 e. The first kappa shape index (κ1) is 13.6. The predicted octanol–water partition coefficient (Wildman–Crippen LogP) is 3.08. The van der Waals surface area contributed by atoms with Gasteiger partial charge in [-0.1, -0.05) is 60.7 Å². The molecule has 0 spiro atoms. The van der Waals surface area contributed by atoms with Crippen LogP contribution in [0, 0.1) is 0 Å². The lowest BCUT2D eigenvalue weighted by molar-refractivity contribution is 0.124. The summed E-state index contributed by atoms with van der Waals surface area (Å²) in [5.41, 5.74) is 2.18. The fourth-order valence-corrected chi connectivity index (χ4v) is 2.61. The molecule has 3 aromatic rings. The monoisotopic (exact) mass is 278 g/mol. The van der Waals surface area contributed by atoms with Gasteiger partial charge < -0.3 is 5.11 Å². The Morgan fingerprint density at radius 2 is 1.57 bits per heavy atom. The molecule has 0 saturated carbocycles. The van der Waals surface area contributed by atoms with E-state index in [0.717, 1.165) is 11.1 Å². The Morgan fingerprint density at radius 1 is 0.905 bits per heavy atom. The number of aliphatic hydroxyl groups is 1. The van der Waals surface area contributed by atoms with Crippen LogP contribution in [0.25, 0.3) is 0 Å². The highest BCUT2D eigenvalue weighted by Gasteiger charge is 2.23. The van der Waals surface area contributed by atoms with Crippen LogP contribution in [-0.4, -0.2) is 21.0 Å². The van der Waals surface area contributed by atoms with E-state index in [1.807, 2.05) is 77.6 Å². The van der Waals surface area contributed by atoms with E-state index in [1.165, 1.54) is 0 Å². The van der Waals surface area contributed by atoms with Crippen LogP contribution in [-0.2, 0) is 6.42 Å². The Balaban J connectivity index is 1.89. The summed E-state index contributed by atoms with van der Waals surface area (Å²) in [4.78, 5) is 0. The molecule has 2 unspecified atom stereocenters. The minimum absolute atomic E-state index is 0.179. The molecule has 2 aromatic carbocycles. The second-order valence-corrected chi connectivity index (χ2v) is 5.10. The van der Waals surface area contributed by atoms with E-state index < -0.39 is 6.10 Å².